The van der Waals surface area contributed by atoms with E-state index < -0.39 is 11.6 Å². The van der Waals surface area contributed by atoms with Gasteiger partial charge in [-0.25, -0.2) is 14.6 Å². The second-order valence-electron chi connectivity index (χ2n) is 4.16. The Morgan fingerprint density at radius 1 is 1.24 bits per heavy atom. The van der Waals surface area contributed by atoms with Gasteiger partial charge in [0, 0.05) is 0 Å². The zero-order valence-corrected chi connectivity index (χ0v) is 9.42. The van der Waals surface area contributed by atoms with Gasteiger partial charge < -0.3 is 5.43 Å². The van der Waals surface area contributed by atoms with E-state index in [0.717, 1.165) is 25.7 Å². The van der Waals surface area contributed by atoms with Gasteiger partial charge in [0.2, 0.25) is 0 Å². The molecule has 17 heavy (non-hydrogen) atoms. The monoisotopic (exact) mass is 239 g/mol. The van der Waals surface area contributed by atoms with Crippen LogP contribution in [0.4, 0.5) is 8.78 Å². The molecule has 92 valence electrons. The molecule has 0 bridgehead atoms. The van der Waals surface area contributed by atoms with Gasteiger partial charge >= 0.3 is 0 Å². The Hall–Kier alpha value is -1.49. The Bertz CT molecular complexity index is 406. The third kappa shape index (κ3) is 2.61. The first-order valence-electron chi connectivity index (χ1n) is 5.71. The highest BCUT2D eigenvalue weighted by molar-refractivity contribution is 5.99. The van der Waals surface area contributed by atoms with Crippen LogP contribution in [0.25, 0.3) is 0 Å². The quantitative estimate of drug-likeness (QED) is 0.359. The molecular weight excluding hydrogens is 224 g/mol. The molecule has 3 nitrogen and oxygen atoms in total. The van der Waals surface area contributed by atoms with Crippen molar-refractivity contribution in [2.75, 3.05) is 0 Å². The number of halogens is 2. The van der Waals surface area contributed by atoms with E-state index in [9.17, 15) is 8.78 Å². The molecule has 5 heteroatoms. The Kier molecular flexibility index (Phi) is 3.68. The predicted molar refractivity (Wildman–Crippen MR) is 62.5 cm³/mol. The summed E-state index contributed by atoms with van der Waals surface area (Å²) in [7, 11) is 0. The van der Waals surface area contributed by atoms with Crippen molar-refractivity contribution < 1.29 is 8.78 Å². The Balaban J connectivity index is 2.34. The number of nitrogens with two attached hydrogens (primary N) is 1. The lowest BCUT2D eigenvalue weighted by molar-refractivity contribution is 0.575. The molecule has 1 fully saturated rings. The van der Waals surface area contributed by atoms with E-state index in [0.29, 0.717) is 0 Å². The fourth-order valence-corrected chi connectivity index (χ4v) is 2.11. The van der Waals surface area contributed by atoms with Crippen molar-refractivity contribution in [2.45, 2.75) is 31.7 Å². The Morgan fingerprint density at radius 3 is 2.35 bits per heavy atom. The molecule has 0 saturated heterocycles. The number of amidine groups is 1. The summed E-state index contributed by atoms with van der Waals surface area (Å²) >= 11 is 0. The molecule has 0 aromatic heterocycles. The zero-order chi connectivity index (χ0) is 12.3. The number of nitrogens with one attached hydrogen (secondary N) is 1. The number of hydrogen-bond acceptors (Lipinski definition) is 2. The van der Waals surface area contributed by atoms with Gasteiger partial charge in [0.1, 0.15) is 17.5 Å². The van der Waals surface area contributed by atoms with Crippen LogP contribution in [0.1, 0.15) is 31.2 Å². The van der Waals surface area contributed by atoms with Crippen LogP contribution in [0.5, 0.6) is 0 Å². The summed E-state index contributed by atoms with van der Waals surface area (Å²) in [4.78, 5) is 4.29. The van der Waals surface area contributed by atoms with Crippen molar-refractivity contribution in [1.29, 1.82) is 0 Å². The van der Waals surface area contributed by atoms with Crippen molar-refractivity contribution in [3.63, 3.8) is 0 Å². The molecule has 1 aliphatic rings. The SMILES string of the molecule is NNC(=NC1CCCC1)c1c(F)cccc1F. The maximum absolute atomic E-state index is 13.5. The molecule has 1 aliphatic carbocycles. The van der Waals surface area contributed by atoms with E-state index in [1.54, 1.807) is 0 Å². The van der Waals surface area contributed by atoms with E-state index in [1.165, 1.54) is 18.2 Å². The molecule has 0 radical (unpaired) electrons. The van der Waals surface area contributed by atoms with Crippen LogP contribution in [0.15, 0.2) is 23.2 Å². The molecule has 2 rings (SSSR count). The molecule has 0 aliphatic heterocycles. The fourth-order valence-electron chi connectivity index (χ4n) is 2.11. The lowest BCUT2D eigenvalue weighted by Gasteiger charge is -2.11. The normalized spacial score (nSPS) is 17.5. The van der Waals surface area contributed by atoms with E-state index in [2.05, 4.69) is 10.4 Å². The van der Waals surface area contributed by atoms with Crippen LogP contribution in [0.2, 0.25) is 0 Å². The molecule has 1 aromatic rings. The molecule has 1 saturated carbocycles. The predicted octanol–water partition coefficient (Wildman–Crippen LogP) is 2.12. The summed E-state index contributed by atoms with van der Waals surface area (Å²) < 4.78 is 27.1. The van der Waals surface area contributed by atoms with E-state index >= 15 is 0 Å². The second kappa shape index (κ2) is 5.23. The summed E-state index contributed by atoms with van der Waals surface area (Å²) in [5.41, 5.74) is 2.12. The van der Waals surface area contributed by atoms with Crippen molar-refractivity contribution in [1.82, 2.24) is 5.43 Å². The Labute approximate surface area is 98.7 Å². The summed E-state index contributed by atoms with van der Waals surface area (Å²) in [5, 5.41) is 0. The third-order valence-electron chi connectivity index (χ3n) is 2.97. The van der Waals surface area contributed by atoms with E-state index in [1.807, 2.05) is 0 Å². The van der Waals surface area contributed by atoms with Crippen LogP contribution in [-0.2, 0) is 0 Å². The second-order valence-corrected chi connectivity index (χ2v) is 4.16. The average molecular weight is 239 g/mol. The third-order valence-corrected chi connectivity index (χ3v) is 2.97. The summed E-state index contributed by atoms with van der Waals surface area (Å²) in [6, 6.07) is 3.82. The number of benzene rings is 1. The van der Waals surface area contributed by atoms with Gasteiger partial charge in [-0.15, -0.1) is 0 Å². The van der Waals surface area contributed by atoms with Crippen molar-refractivity contribution >= 4 is 5.84 Å². The minimum absolute atomic E-state index is 0.0903. The molecule has 0 atom stereocenters. The van der Waals surface area contributed by atoms with Gasteiger partial charge in [0.25, 0.3) is 0 Å². The van der Waals surface area contributed by atoms with Gasteiger partial charge in [-0.1, -0.05) is 18.9 Å². The smallest absolute Gasteiger partial charge is 0.148 e. The van der Waals surface area contributed by atoms with Gasteiger partial charge in [0.05, 0.1) is 11.6 Å². The number of aliphatic imine (C=N–C) groups is 1. The van der Waals surface area contributed by atoms with Gasteiger partial charge in [-0.05, 0) is 25.0 Å². The van der Waals surface area contributed by atoms with E-state index in [4.69, 9.17) is 5.84 Å². The lowest BCUT2D eigenvalue weighted by Crippen LogP contribution is -2.33. The van der Waals surface area contributed by atoms with E-state index in [-0.39, 0.29) is 17.4 Å². The topological polar surface area (TPSA) is 50.4 Å². The van der Waals surface area contributed by atoms with Gasteiger partial charge in [0.15, 0.2) is 0 Å². The molecule has 0 amide bonds. The highest BCUT2D eigenvalue weighted by atomic mass is 19.1. The molecular formula is C12H15F2N3. The van der Waals surface area contributed by atoms with Crippen LogP contribution >= 0.6 is 0 Å². The highest BCUT2D eigenvalue weighted by Crippen LogP contribution is 2.22. The lowest BCUT2D eigenvalue weighted by atomic mass is 10.1. The maximum Gasteiger partial charge on any atom is 0.148 e. The largest absolute Gasteiger partial charge is 0.308 e. The number of nitrogens with zero attached hydrogens (tertiary/aromatic N) is 1. The number of rotatable bonds is 2. The number of hydrazine groups is 1. The highest BCUT2D eigenvalue weighted by Gasteiger charge is 2.18. The van der Waals surface area contributed by atoms with Crippen molar-refractivity contribution in [2.24, 2.45) is 10.8 Å². The molecule has 0 spiro atoms. The van der Waals surface area contributed by atoms with Crippen LogP contribution in [0.3, 0.4) is 0 Å². The summed E-state index contributed by atoms with van der Waals surface area (Å²) in [5.74, 6) is 4.09. The van der Waals surface area contributed by atoms with Crippen molar-refractivity contribution in [3.8, 4) is 0 Å². The number of hydrogen-bond donors (Lipinski definition) is 2. The fraction of sp³-hybridized carbons (Fsp3) is 0.417. The van der Waals surface area contributed by atoms with Crippen LogP contribution in [0, 0.1) is 11.6 Å². The average Bonchev–Trinajstić information content (AvgIpc) is 2.80. The molecule has 0 heterocycles. The van der Waals surface area contributed by atoms with Gasteiger partial charge in [-0.3, -0.25) is 4.99 Å². The standard InChI is InChI=1S/C12H15F2N3/c13-9-6-3-7-10(14)11(9)12(17-15)16-8-4-1-2-5-8/h3,6-8H,1-2,4-5,15H2,(H,16,17). The molecule has 0 unspecified atom stereocenters. The van der Waals surface area contributed by atoms with Crippen LogP contribution < -0.4 is 11.3 Å². The van der Waals surface area contributed by atoms with Crippen molar-refractivity contribution in [3.05, 3.63) is 35.4 Å². The van der Waals surface area contributed by atoms with Gasteiger partial charge in [-0.2, -0.15) is 0 Å². The minimum Gasteiger partial charge on any atom is -0.308 e. The summed E-state index contributed by atoms with van der Waals surface area (Å²) in [6.45, 7) is 0. The van der Waals surface area contributed by atoms with Crippen LogP contribution in [-0.4, -0.2) is 11.9 Å². The first-order chi connectivity index (χ1) is 8.22. The molecule has 3 N–H and O–H groups in total. The first-order valence-corrected chi connectivity index (χ1v) is 5.71. The minimum atomic E-state index is -0.653. The first kappa shape index (κ1) is 12.0. The molecule has 1 aromatic carbocycles. The zero-order valence-electron chi connectivity index (χ0n) is 9.42. The maximum atomic E-state index is 13.5. The Morgan fingerprint density at radius 2 is 1.82 bits per heavy atom. The summed E-state index contributed by atoms with van der Waals surface area (Å²) in [6.07, 6.45) is 4.10.